The average molecular weight is 519 g/mol. The predicted octanol–water partition coefficient (Wildman–Crippen LogP) is 4.01. The Morgan fingerprint density at radius 3 is 2.23 bits per heavy atom. The Morgan fingerprint density at radius 2 is 1.49 bits per heavy atom. The zero-order valence-electron chi connectivity index (χ0n) is 20.0. The molecule has 1 aromatic heterocycles. The molecule has 0 unspecified atom stereocenters. The molecule has 0 saturated carbocycles. The Bertz CT molecular complexity index is 1100. The molecule has 4 rings (SSSR count). The number of carbonyl (C=O) groups excluding carboxylic acids is 2. The van der Waals surface area contributed by atoms with Crippen LogP contribution < -0.4 is 5.32 Å². The van der Waals surface area contributed by atoms with Gasteiger partial charge in [0.15, 0.2) is 0 Å². The molecule has 2 aromatic rings. The predicted molar refractivity (Wildman–Crippen MR) is 138 cm³/mol. The van der Waals surface area contributed by atoms with Crippen LogP contribution in [0.5, 0.6) is 0 Å². The summed E-state index contributed by atoms with van der Waals surface area (Å²) in [6.45, 7) is 3.24. The summed E-state index contributed by atoms with van der Waals surface area (Å²) in [5.41, 5.74) is 1.14. The summed E-state index contributed by atoms with van der Waals surface area (Å²) in [4.78, 5) is 29.1. The van der Waals surface area contributed by atoms with Gasteiger partial charge in [0, 0.05) is 45.7 Å². The molecule has 2 saturated heterocycles. The minimum Gasteiger partial charge on any atom is -0.341 e. The number of sulfonamides is 1. The van der Waals surface area contributed by atoms with Gasteiger partial charge in [-0.25, -0.2) is 13.2 Å². The number of thiophene rings is 1. The monoisotopic (exact) mass is 518 g/mol. The third kappa shape index (κ3) is 6.83. The number of benzene rings is 1. The van der Waals surface area contributed by atoms with Crippen molar-refractivity contribution >= 4 is 38.3 Å². The first kappa shape index (κ1) is 25.7. The summed E-state index contributed by atoms with van der Waals surface area (Å²) in [6.07, 6.45) is 5.77. The Hall–Kier alpha value is -2.43. The van der Waals surface area contributed by atoms with Crippen LogP contribution in [0.15, 0.2) is 46.7 Å². The van der Waals surface area contributed by atoms with Gasteiger partial charge in [-0.2, -0.15) is 4.31 Å². The van der Waals surface area contributed by atoms with Crippen molar-refractivity contribution in [2.24, 2.45) is 0 Å². The maximum absolute atomic E-state index is 13.0. The maximum Gasteiger partial charge on any atom is 0.322 e. The highest BCUT2D eigenvalue weighted by atomic mass is 32.2. The van der Waals surface area contributed by atoms with Gasteiger partial charge in [-0.15, -0.1) is 11.3 Å². The van der Waals surface area contributed by atoms with E-state index < -0.39 is 10.0 Å². The number of hydrogen-bond acceptors (Lipinski definition) is 5. The van der Waals surface area contributed by atoms with Gasteiger partial charge < -0.3 is 9.80 Å². The molecular formula is C25H34N4O4S2. The van der Waals surface area contributed by atoms with Gasteiger partial charge in [0.25, 0.3) is 10.0 Å². The van der Waals surface area contributed by atoms with Gasteiger partial charge in [-0.1, -0.05) is 43.2 Å². The number of nitrogens with one attached hydrogen (secondary N) is 1. The molecule has 35 heavy (non-hydrogen) atoms. The summed E-state index contributed by atoms with van der Waals surface area (Å²) in [5.74, 6) is 0.109. The normalized spacial score (nSPS) is 18.1. The van der Waals surface area contributed by atoms with E-state index in [9.17, 15) is 18.0 Å². The van der Waals surface area contributed by atoms with Crippen LogP contribution in [0.4, 0.5) is 9.80 Å². The zero-order chi connectivity index (χ0) is 24.7. The standard InChI is InChI=1S/C25H34N4O4S2/c30-23(13-11-21-9-4-3-5-10-21)27-15-8-16-28(20-19-27)25(31)26-22-12-14-24(34-22)35(32,33)29-17-6-1-2-7-18-29/h3-5,9-10,12,14H,1-2,6-8,11,13,15-20H2,(H,26,31). The molecule has 2 fully saturated rings. The molecule has 0 radical (unpaired) electrons. The first-order chi connectivity index (χ1) is 16.9. The molecule has 3 amide bonds. The van der Waals surface area contributed by atoms with Crippen molar-refractivity contribution in [3.05, 3.63) is 48.0 Å². The van der Waals surface area contributed by atoms with Gasteiger partial charge in [0.2, 0.25) is 5.91 Å². The van der Waals surface area contributed by atoms with E-state index in [4.69, 9.17) is 0 Å². The maximum atomic E-state index is 13.0. The van der Waals surface area contributed by atoms with Gasteiger partial charge in [0.05, 0.1) is 5.00 Å². The number of amides is 3. The minimum absolute atomic E-state index is 0.109. The number of aryl methyl sites for hydroxylation is 1. The van der Waals surface area contributed by atoms with Gasteiger partial charge >= 0.3 is 6.03 Å². The Morgan fingerprint density at radius 1 is 0.800 bits per heavy atom. The van der Waals surface area contributed by atoms with E-state index in [1.54, 1.807) is 21.3 Å². The fourth-order valence-corrected chi connectivity index (χ4v) is 7.41. The third-order valence-electron chi connectivity index (χ3n) is 6.58. The molecule has 0 bridgehead atoms. The van der Waals surface area contributed by atoms with Crippen molar-refractivity contribution < 1.29 is 18.0 Å². The molecule has 1 aromatic carbocycles. The van der Waals surface area contributed by atoms with E-state index in [-0.39, 0.29) is 16.1 Å². The topological polar surface area (TPSA) is 90.0 Å². The average Bonchev–Trinajstić information content (AvgIpc) is 3.05. The van der Waals surface area contributed by atoms with Gasteiger partial charge in [-0.05, 0) is 43.4 Å². The SMILES string of the molecule is O=C(CCc1ccccc1)N1CCCN(C(=O)Nc2ccc(S(=O)(=O)N3CCCCCC3)s2)CC1. The lowest BCUT2D eigenvalue weighted by atomic mass is 10.1. The molecule has 0 aliphatic carbocycles. The third-order valence-corrected chi connectivity index (χ3v) is 9.94. The van der Waals surface area contributed by atoms with Crippen molar-refractivity contribution in [1.29, 1.82) is 0 Å². The Labute approximate surface area is 212 Å². The lowest BCUT2D eigenvalue weighted by Crippen LogP contribution is -2.39. The van der Waals surface area contributed by atoms with E-state index in [1.807, 2.05) is 35.2 Å². The first-order valence-electron chi connectivity index (χ1n) is 12.4. The van der Waals surface area contributed by atoms with Crippen LogP contribution >= 0.6 is 11.3 Å². The second-order valence-corrected chi connectivity index (χ2v) is 12.3. The van der Waals surface area contributed by atoms with Crippen molar-refractivity contribution in [3.63, 3.8) is 0 Å². The molecule has 0 spiro atoms. The van der Waals surface area contributed by atoms with Crippen LogP contribution in [0.25, 0.3) is 0 Å². The van der Waals surface area contributed by atoms with Crippen LogP contribution in [0.1, 0.15) is 44.1 Å². The van der Waals surface area contributed by atoms with Gasteiger partial charge in [0.1, 0.15) is 4.21 Å². The summed E-state index contributed by atoms with van der Waals surface area (Å²) >= 11 is 1.09. The van der Waals surface area contributed by atoms with Crippen LogP contribution in [-0.4, -0.2) is 73.7 Å². The second-order valence-electron chi connectivity index (χ2n) is 9.07. The first-order valence-corrected chi connectivity index (χ1v) is 14.7. The summed E-state index contributed by atoms with van der Waals surface area (Å²) in [5, 5.41) is 3.37. The summed E-state index contributed by atoms with van der Waals surface area (Å²) in [7, 11) is -3.53. The number of rotatable bonds is 6. The van der Waals surface area contributed by atoms with E-state index in [2.05, 4.69) is 5.32 Å². The fourth-order valence-electron chi connectivity index (χ4n) is 4.54. The smallest absolute Gasteiger partial charge is 0.322 e. The van der Waals surface area contributed by atoms with Crippen LogP contribution in [0.2, 0.25) is 0 Å². The fraction of sp³-hybridized carbons (Fsp3) is 0.520. The molecule has 8 nitrogen and oxygen atoms in total. The summed E-state index contributed by atoms with van der Waals surface area (Å²) < 4.78 is 27.8. The van der Waals surface area contributed by atoms with Crippen molar-refractivity contribution in [2.45, 2.75) is 49.2 Å². The molecule has 2 aliphatic rings. The zero-order valence-corrected chi connectivity index (χ0v) is 21.7. The number of hydrogen-bond donors (Lipinski definition) is 1. The number of nitrogens with zero attached hydrogens (tertiary/aromatic N) is 3. The number of urea groups is 1. The van der Waals surface area contributed by atoms with Crippen molar-refractivity contribution in [1.82, 2.24) is 14.1 Å². The minimum atomic E-state index is -3.53. The summed E-state index contributed by atoms with van der Waals surface area (Å²) in [6, 6.07) is 12.9. The Kier molecular flexibility index (Phi) is 8.80. The van der Waals surface area contributed by atoms with E-state index in [0.717, 1.165) is 42.6 Å². The van der Waals surface area contributed by atoms with E-state index >= 15 is 0 Å². The van der Waals surface area contributed by atoms with E-state index in [0.29, 0.717) is 63.5 Å². The number of carbonyl (C=O) groups is 2. The quantitative estimate of drug-likeness (QED) is 0.626. The van der Waals surface area contributed by atoms with Crippen LogP contribution in [-0.2, 0) is 21.2 Å². The molecule has 190 valence electrons. The van der Waals surface area contributed by atoms with E-state index in [1.165, 1.54) is 0 Å². The molecular weight excluding hydrogens is 484 g/mol. The highest BCUT2D eigenvalue weighted by molar-refractivity contribution is 7.91. The molecule has 3 heterocycles. The molecule has 10 heteroatoms. The van der Waals surface area contributed by atoms with Crippen molar-refractivity contribution in [2.75, 3.05) is 44.6 Å². The number of anilines is 1. The molecule has 0 atom stereocenters. The second kappa shape index (κ2) is 12.0. The van der Waals surface area contributed by atoms with Gasteiger partial charge in [-0.3, -0.25) is 10.1 Å². The lowest BCUT2D eigenvalue weighted by molar-refractivity contribution is -0.131. The Balaban J connectivity index is 1.29. The lowest BCUT2D eigenvalue weighted by Gasteiger charge is -2.22. The molecule has 2 aliphatic heterocycles. The highest BCUT2D eigenvalue weighted by Crippen LogP contribution is 2.30. The molecule has 1 N–H and O–H groups in total. The van der Waals surface area contributed by atoms with Crippen LogP contribution in [0, 0.1) is 0 Å². The van der Waals surface area contributed by atoms with Crippen molar-refractivity contribution in [3.8, 4) is 0 Å². The largest absolute Gasteiger partial charge is 0.341 e. The van der Waals surface area contributed by atoms with Crippen LogP contribution in [0.3, 0.4) is 0 Å². The highest BCUT2D eigenvalue weighted by Gasteiger charge is 2.27.